The van der Waals surface area contributed by atoms with E-state index in [0.29, 0.717) is 12.1 Å². The average molecular weight is 194 g/mol. The Bertz CT molecular complexity index is 252. The lowest BCUT2D eigenvalue weighted by atomic mass is 10.00. The zero-order chi connectivity index (χ0) is 9.80. The van der Waals surface area contributed by atoms with Crippen LogP contribution in [0.25, 0.3) is 0 Å². The van der Waals surface area contributed by atoms with Crippen molar-refractivity contribution < 1.29 is 4.74 Å². The second-order valence-electron chi connectivity index (χ2n) is 3.80. The van der Waals surface area contributed by atoms with E-state index in [4.69, 9.17) is 4.74 Å². The van der Waals surface area contributed by atoms with Gasteiger partial charge in [-0.25, -0.2) is 0 Å². The van der Waals surface area contributed by atoms with Crippen LogP contribution in [-0.2, 0) is 4.74 Å². The van der Waals surface area contributed by atoms with Gasteiger partial charge in [0, 0.05) is 18.5 Å². The highest BCUT2D eigenvalue weighted by molar-refractivity contribution is 5.11. The van der Waals surface area contributed by atoms with Crippen LogP contribution in [0.4, 0.5) is 0 Å². The molecule has 0 aromatic carbocycles. The predicted octanol–water partition coefficient (Wildman–Crippen LogP) is 1.84. The van der Waals surface area contributed by atoms with E-state index in [1.54, 1.807) is 0 Å². The monoisotopic (exact) mass is 194 g/mol. The third kappa shape index (κ3) is 1.99. The lowest BCUT2D eigenvalue weighted by Gasteiger charge is -2.29. The van der Waals surface area contributed by atoms with E-state index in [1.165, 1.54) is 18.5 Å². The molecule has 2 N–H and O–H groups in total. The number of aromatic nitrogens is 1. The summed E-state index contributed by atoms with van der Waals surface area (Å²) in [6.07, 6.45) is 5.93. The van der Waals surface area contributed by atoms with Crippen molar-refractivity contribution in [2.45, 2.75) is 31.4 Å². The lowest BCUT2D eigenvalue weighted by Crippen LogP contribution is -2.34. The van der Waals surface area contributed by atoms with Gasteiger partial charge in [-0.1, -0.05) is 0 Å². The van der Waals surface area contributed by atoms with Crippen LogP contribution in [0.15, 0.2) is 18.3 Å². The van der Waals surface area contributed by atoms with E-state index >= 15 is 0 Å². The van der Waals surface area contributed by atoms with Crippen molar-refractivity contribution in [3.05, 3.63) is 24.0 Å². The molecule has 1 aromatic rings. The summed E-state index contributed by atoms with van der Waals surface area (Å²) in [5, 5.41) is 3.32. The van der Waals surface area contributed by atoms with Gasteiger partial charge in [0.05, 0.1) is 12.1 Å². The van der Waals surface area contributed by atoms with Crippen molar-refractivity contribution in [3.63, 3.8) is 0 Å². The standard InChI is InChI=1S/C11H18N2O/c1-12-11(9-5-4-7-13-9)10-6-2-3-8-14-10/h4-5,7,10-13H,2-3,6,8H2,1H3. The lowest BCUT2D eigenvalue weighted by molar-refractivity contribution is -0.00737. The van der Waals surface area contributed by atoms with Gasteiger partial charge in [-0.05, 0) is 38.4 Å². The van der Waals surface area contributed by atoms with E-state index in [0.717, 1.165) is 13.0 Å². The molecular weight excluding hydrogens is 176 g/mol. The molecule has 2 heterocycles. The number of rotatable bonds is 3. The Labute approximate surface area is 84.9 Å². The maximum Gasteiger partial charge on any atom is 0.0784 e. The predicted molar refractivity (Wildman–Crippen MR) is 56.2 cm³/mol. The molecular formula is C11H18N2O. The van der Waals surface area contributed by atoms with E-state index in [-0.39, 0.29) is 0 Å². The molecule has 0 spiro atoms. The molecule has 1 aromatic heterocycles. The van der Waals surface area contributed by atoms with Gasteiger partial charge in [-0.3, -0.25) is 0 Å². The number of aromatic amines is 1. The van der Waals surface area contributed by atoms with Gasteiger partial charge in [0.25, 0.3) is 0 Å². The van der Waals surface area contributed by atoms with E-state index in [2.05, 4.69) is 16.4 Å². The van der Waals surface area contributed by atoms with Gasteiger partial charge in [-0.15, -0.1) is 0 Å². The normalized spacial score (nSPS) is 24.8. The van der Waals surface area contributed by atoms with Gasteiger partial charge < -0.3 is 15.0 Å². The van der Waals surface area contributed by atoms with Crippen LogP contribution >= 0.6 is 0 Å². The zero-order valence-electron chi connectivity index (χ0n) is 8.62. The van der Waals surface area contributed by atoms with Gasteiger partial charge in [0.2, 0.25) is 0 Å². The number of hydrogen-bond donors (Lipinski definition) is 2. The highest BCUT2D eigenvalue weighted by atomic mass is 16.5. The van der Waals surface area contributed by atoms with Crippen molar-refractivity contribution in [3.8, 4) is 0 Å². The Morgan fingerprint density at radius 1 is 1.57 bits per heavy atom. The number of H-pyrrole nitrogens is 1. The molecule has 2 unspecified atom stereocenters. The minimum atomic E-state index is 0.310. The quantitative estimate of drug-likeness (QED) is 0.770. The Morgan fingerprint density at radius 2 is 2.50 bits per heavy atom. The van der Waals surface area contributed by atoms with Crippen LogP contribution in [-0.4, -0.2) is 24.7 Å². The molecule has 1 saturated heterocycles. The molecule has 3 heteroatoms. The summed E-state index contributed by atoms with van der Waals surface area (Å²) in [6, 6.07) is 4.45. The van der Waals surface area contributed by atoms with Gasteiger partial charge in [-0.2, -0.15) is 0 Å². The van der Waals surface area contributed by atoms with E-state index in [9.17, 15) is 0 Å². The van der Waals surface area contributed by atoms with Crippen LogP contribution in [0.2, 0.25) is 0 Å². The topological polar surface area (TPSA) is 37.0 Å². The minimum Gasteiger partial charge on any atom is -0.376 e. The first-order valence-electron chi connectivity index (χ1n) is 5.34. The first-order chi connectivity index (χ1) is 6.92. The first-order valence-corrected chi connectivity index (χ1v) is 5.34. The molecule has 3 nitrogen and oxygen atoms in total. The molecule has 14 heavy (non-hydrogen) atoms. The second kappa shape index (κ2) is 4.62. The van der Waals surface area contributed by atoms with Gasteiger partial charge >= 0.3 is 0 Å². The summed E-state index contributed by atoms with van der Waals surface area (Å²) in [5.74, 6) is 0. The maximum absolute atomic E-state index is 5.77. The fraction of sp³-hybridized carbons (Fsp3) is 0.636. The van der Waals surface area contributed by atoms with E-state index < -0.39 is 0 Å². The van der Waals surface area contributed by atoms with Gasteiger partial charge in [0.15, 0.2) is 0 Å². The number of nitrogens with one attached hydrogen (secondary N) is 2. The van der Waals surface area contributed by atoms with Crippen molar-refractivity contribution in [2.75, 3.05) is 13.7 Å². The van der Waals surface area contributed by atoms with Crippen molar-refractivity contribution in [1.82, 2.24) is 10.3 Å². The summed E-state index contributed by atoms with van der Waals surface area (Å²) in [6.45, 7) is 0.906. The number of hydrogen-bond acceptors (Lipinski definition) is 2. The van der Waals surface area contributed by atoms with Crippen LogP contribution in [0, 0.1) is 0 Å². The summed E-state index contributed by atoms with van der Waals surface area (Å²) < 4.78 is 5.77. The minimum absolute atomic E-state index is 0.310. The zero-order valence-corrected chi connectivity index (χ0v) is 8.62. The fourth-order valence-corrected chi connectivity index (χ4v) is 2.11. The molecule has 0 bridgehead atoms. The molecule has 1 aliphatic heterocycles. The Morgan fingerprint density at radius 3 is 3.07 bits per heavy atom. The number of ether oxygens (including phenoxy) is 1. The van der Waals surface area contributed by atoms with Crippen LogP contribution in [0.3, 0.4) is 0 Å². The van der Waals surface area contributed by atoms with Crippen molar-refractivity contribution >= 4 is 0 Å². The Hall–Kier alpha value is -0.800. The molecule has 0 aliphatic carbocycles. The van der Waals surface area contributed by atoms with Crippen molar-refractivity contribution in [2.24, 2.45) is 0 Å². The first kappa shape index (κ1) is 9.74. The third-order valence-corrected chi connectivity index (χ3v) is 2.85. The summed E-state index contributed by atoms with van der Waals surface area (Å²) in [7, 11) is 1.99. The fourth-order valence-electron chi connectivity index (χ4n) is 2.11. The second-order valence-corrected chi connectivity index (χ2v) is 3.80. The highest BCUT2D eigenvalue weighted by Gasteiger charge is 2.24. The highest BCUT2D eigenvalue weighted by Crippen LogP contribution is 2.24. The molecule has 0 saturated carbocycles. The molecule has 1 aliphatic rings. The number of likely N-dealkylation sites (N-methyl/N-ethyl adjacent to an activating group) is 1. The average Bonchev–Trinajstić information content (AvgIpc) is 2.74. The third-order valence-electron chi connectivity index (χ3n) is 2.85. The molecule has 2 rings (SSSR count). The molecule has 1 fully saturated rings. The Balaban J connectivity index is 2.04. The largest absolute Gasteiger partial charge is 0.376 e. The smallest absolute Gasteiger partial charge is 0.0784 e. The SMILES string of the molecule is CNC(c1ccc[nH]1)C1CCCCO1. The molecule has 2 atom stereocenters. The molecule has 0 amide bonds. The van der Waals surface area contributed by atoms with E-state index in [1.807, 2.05) is 19.3 Å². The van der Waals surface area contributed by atoms with Gasteiger partial charge in [0.1, 0.15) is 0 Å². The molecule has 0 radical (unpaired) electrons. The summed E-state index contributed by atoms with van der Waals surface area (Å²) >= 11 is 0. The maximum atomic E-state index is 5.77. The van der Waals surface area contributed by atoms with Crippen LogP contribution in [0.5, 0.6) is 0 Å². The molecule has 78 valence electrons. The van der Waals surface area contributed by atoms with Crippen LogP contribution in [0.1, 0.15) is 31.0 Å². The summed E-state index contributed by atoms with van der Waals surface area (Å²) in [4.78, 5) is 3.24. The van der Waals surface area contributed by atoms with Crippen molar-refractivity contribution in [1.29, 1.82) is 0 Å². The summed E-state index contributed by atoms with van der Waals surface area (Å²) in [5.41, 5.74) is 1.22. The van der Waals surface area contributed by atoms with Crippen LogP contribution < -0.4 is 5.32 Å². The Kier molecular flexibility index (Phi) is 3.22.